The summed E-state index contributed by atoms with van der Waals surface area (Å²) in [5.41, 5.74) is 8.02. The lowest BCUT2D eigenvalue weighted by Crippen LogP contribution is -2.09. The summed E-state index contributed by atoms with van der Waals surface area (Å²) in [5, 5.41) is 0. The molecule has 2 N–H and O–H groups in total. The van der Waals surface area contributed by atoms with E-state index in [0.29, 0.717) is 6.54 Å². The van der Waals surface area contributed by atoms with Crippen molar-refractivity contribution in [1.82, 2.24) is 9.55 Å². The lowest BCUT2D eigenvalue weighted by molar-refractivity contribution is 0.731. The number of aromatic nitrogens is 2. The highest BCUT2D eigenvalue weighted by Crippen LogP contribution is 2.06. The van der Waals surface area contributed by atoms with E-state index >= 15 is 0 Å². The zero-order valence-electron chi connectivity index (χ0n) is 13.5. The summed E-state index contributed by atoms with van der Waals surface area (Å²) in [6.45, 7) is 13.6. The van der Waals surface area contributed by atoms with Crippen LogP contribution in [0.2, 0.25) is 0 Å². The first kappa shape index (κ1) is 20.0. The summed E-state index contributed by atoms with van der Waals surface area (Å²) in [7, 11) is 0. The van der Waals surface area contributed by atoms with Crippen molar-refractivity contribution >= 4 is 0 Å². The zero-order valence-corrected chi connectivity index (χ0v) is 13.5. The number of nitrogens with zero attached hydrogens (tertiary/aromatic N) is 2. The van der Waals surface area contributed by atoms with Crippen LogP contribution < -0.4 is 5.73 Å². The molecule has 1 rings (SSSR count). The largest absolute Gasteiger partial charge is 0.330 e. The first-order valence-electron chi connectivity index (χ1n) is 7.28. The predicted octanol–water partition coefficient (Wildman–Crippen LogP) is 3.96. The normalized spacial score (nSPS) is 10.6. The number of allylic oxidation sites excluding steroid dienone is 4. The first-order valence-corrected chi connectivity index (χ1v) is 7.28. The minimum absolute atomic E-state index is 0.667. The van der Waals surface area contributed by atoms with Crippen LogP contribution >= 0.6 is 0 Å². The van der Waals surface area contributed by atoms with E-state index in [9.17, 15) is 0 Å². The maximum atomic E-state index is 5.54. The van der Waals surface area contributed by atoms with E-state index < -0.39 is 0 Å². The van der Waals surface area contributed by atoms with Crippen molar-refractivity contribution in [3.05, 3.63) is 42.0 Å². The lowest BCUT2D eigenvalue weighted by Gasteiger charge is -2.07. The molecule has 0 atom stereocenters. The molecule has 0 saturated heterocycles. The fourth-order valence-corrected chi connectivity index (χ4v) is 1.50. The molecule has 0 aliphatic rings. The van der Waals surface area contributed by atoms with Gasteiger partial charge in [-0.3, -0.25) is 0 Å². The van der Waals surface area contributed by atoms with Crippen LogP contribution in [-0.2, 0) is 13.0 Å². The molecule has 0 unspecified atom stereocenters. The van der Waals surface area contributed by atoms with Crippen LogP contribution in [0.4, 0.5) is 0 Å². The van der Waals surface area contributed by atoms with Crippen LogP contribution in [-0.4, -0.2) is 16.1 Å². The Morgan fingerprint density at radius 3 is 2.37 bits per heavy atom. The Morgan fingerprint density at radius 2 is 1.89 bits per heavy atom. The molecule has 19 heavy (non-hydrogen) atoms. The number of imidazole rings is 1. The van der Waals surface area contributed by atoms with E-state index in [1.807, 2.05) is 47.1 Å². The second kappa shape index (κ2) is 14.7. The van der Waals surface area contributed by atoms with E-state index in [0.717, 1.165) is 13.0 Å². The van der Waals surface area contributed by atoms with E-state index in [2.05, 4.69) is 34.7 Å². The monoisotopic (exact) mass is 265 g/mol. The van der Waals surface area contributed by atoms with Gasteiger partial charge in [-0.05, 0) is 26.0 Å². The van der Waals surface area contributed by atoms with Gasteiger partial charge < -0.3 is 10.3 Å². The molecule has 0 spiro atoms. The fourth-order valence-electron chi connectivity index (χ4n) is 1.50. The van der Waals surface area contributed by atoms with Gasteiger partial charge in [0.15, 0.2) is 0 Å². The molecule has 0 fully saturated rings. The summed E-state index contributed by atoms with van der Waals surface area (Å²) >= 11 is 0. The molecule has 3 nitrogen and oxygen atoms in total. The second-order valence-electron chi connectivity index (χ2n) is 3.42. The molecule has 0 bridgehead atoms. The highest BCUT2D eigenvalue weighted by atomic mass is 15.0. The summed E-state index contributed by atoms with van der Waals surface area (Å²) in [6.07, 6.45) is 10.9. The minimum Gasteiger partial charge on any atom is -0.330 e. The third kappa shape index (κ3) is 8.38. The van der Waals surface area contributed by atoms with Gasteiger partial charge in [-0.1, -0.05) is 45.9 Å². The van der Waals surface area contributed by atoms with E-state index in [4.69, 9.17) is 5.73 Å². The van der Waals surface area contributed by atoms with Gasteiger partial charge in [-0.25, -0.2) is 4.98 Å². The van der Waals surface area contributed by atoms with Crippen LogP contribution in [0.15, 0.2) is 36.3 Å². The highest BCUT2D eigenvalue weighted by molar-refractivity contribution is 5.18. The van der Waals surface area contributed by atoms with Crippen molar-refractivity contribution in [2.45, 2.75) is 54.5 Å². The average Bonchev–Trinajstić information content (AvgIpc) is 2.90. The average molecular weight is 265 g/mol. The fraction of sp³-hybridized carbons (Fsp3) is 0.562. The molecule has 0 radical (unpaired) electrons. The SMILES string of the molecule is C/C=C\C(=C/C)Cn1cncc1CCN.CC.CC. The van der Waals surface area contributed by atoms with Gasteiger partial charge >= 0.3 is 0 Å². The van der Waals surface area contributed by atoms with Crippen molar-refractivity contribution < 1.29 is 0 Å². The molecule has 0 amide bonds. The molecule has 0 aromatic carbocycles. The Labute approximate surface area is 119 Å². The van der Waals surface area contributed by atoms with Crippen molar-refractivity contribution in [1.29, 1.82) is 0 Å². The van der Waals surface area contributed by atoms with Crippen molar-refractivity contribution in [2.75, 3.05) is 6.54 Å². The third-order valence-corrected chi connectivity index (χ3v) is 2.30. The Hall–Kier alpha value is -1.35. The number of nitrogens with two attached hydrogens (primary N) is 1. The molecular formula is C16H31N3. The van der Waals surface area contributed by atoms with Crippen LogP contribution in [0.1, 0.15) is 47.2 Å². The van der Waals surface area contributed by atoms with Gasteiger partial charge in [0.25, 0.3) is 0 Å². The van der Waals surface area contributed by atoms with Gasteiger partial charge in [0, 0.05) is 24.9 Å². The summed E-state index contributed by atoms with van der Waals surface area (Å²) < 4.78 is 2.14. The topological polar surface area (TPSA) is 43.8 Å². The van der Waals surface area contributed by atoms with Gasteiger partial charge in [0.1, 0.15) is 0 Å². The van der Waals surface area contributed by atoms with E-state index in [1.54, 1.807) is 0 Å². The van der Waals surface area contributed by atoms with Gasteiger partial charge in [0.05, 0.1) is 6.33 Å². The zero-order chi connectivity index (χ0) is 15.1. The standard InChI is InChI=1S/C12H19N3.2C2H6/c1-3-5-11(4-2)9-15-10-14-8-12(15)6-7-13;2*1-2/h3-5,8,10H,6-7,9,13H2,1-2H3;2*1-2H3/b5-3-,11-4+;;. The van der Waals surface area contributed by atoms with Gasteiger partial charge in [-0.2, -0.15) is 0 Å². The Morgan fingerprint density at radius 1 is 1.26 bits per heavy atom. The maximum Gasteiger partial charge on any atom is 0.0951 e. The lowest BCUT2D eigenvalue weighted by atomic mass is 10.2. The van der Waals surface area contributed by atoms with Crippen LogP contribution in [0.3, 0.4) is 0 Å². The summed E-state index contributed by atoms with van der Waals surface area (Å²) in [4.78, 5) is 4.14. The number of hydrogen-bond acceptors (Lipinski definition) is 2. The molecule has 110 valence electrons. The second-order valence-corrected chi connectivity index (χ2v) is 3.42. The Bertz CT molecular complexity index is 349. The maximum absolute atomic E-state index is 5.54. The Kier molecular flexibility index (Phi) is 15.5. The molecule has 1 aromatic rings. The molecule has 0 saturated carbocycles. The molecule has 0 aliphatic heterocycles. The van der Waals surface area contributed by atoms with Gasteiger partial charge in [0.2, 0.25) is 0 Å². The number of rotatable bonds is 5. The van der Waals surface area contributed by atoms with Crippen molar-refractivity contribution in [2.24, 2.45) is 5.73 Å². The molecular weight excluding hydrogens is 234 g/mol. The van der Waals surface area contributed by atoms with Crippen molar-refractivity contribution in [3.8, 4) is 0 Å². The van der Waals surface area contributed by atoms with Gasteiger partial charge in [-0.15, -0.1) is 0 Å². The summed E-state index contributed by atoms with van der Waals surface area (Å²) in [6, 6.07) is 0. The predicted molar refractivity (Wildman–Crippen MR) is 86.3 cm³/mol. The molecule has 1 heterocycles. The minimum atomic E-state index is 0.667. The molecule has 3 heteroatoms. The molecule has 1 aromatic heterocycles. The van der Waals surface area contributed by atoms with Crippen LogP contribution in [0.25, 0.3) is 0 Å². The summed E-state index contributed by atoms with van der Waals surface area (Å²) in [5.74, 6) is 0. The van der Waals surface area contributed by atoms with Crippen molar-refractivity contribution in [3.63, 3.8) is 0 Å². The number of hydrogen-bond donors (Lipinski definition) is 1. The van der Waals surface area contributed by atoms with E-state index in [-0.39, 0.29) is 0 Å². The smallest absolute Gasteiger partial charge is 0.0951 e. The highest BCUT2D eigenvalue weighted by Gasteiger charge is 2.01. The quantitative estimate of drug-likeness (QED) is 0.819. The third-order valence-electron chi connectivity index (χ3n) is 2.30. The Balaban J connectivity index is 0. The molecule has 0 aliphatic carbocycles. The first-order chi connectivity index (χ1) is 9.31. The van der Waals surface area contributed by atoms with Crippen LogP contribution in [0, 0.1) is 0 Å². The van der Waals surface area contributed by atoms with Crippen LogP contribution in [0.5, 0.6) is 0 Å². The van der Waals surface area contributed by atoms with E-state index in [1.165, 1.54) is 11.3 Å².